The molecule has 6 nitrogen and oxygen atoms in total. The minimum atomic E-state index is -0.466. The van der Waals surface area contributed by atoms with Crippen molar-refractivity contribution in [2.75, 3.05) is 21.2 Å². The van der Waals surface area contributed by atoms with Gasteiger partial charge in [-0.3, -0.25) is 4.79 Å². The molecule has 0 saturated carbocycles. The van der Waals surface area contributed by atoms with Crippen LogP contribution < -0.4 is 15.4 Å². The lowest BCUT2D eigenvalue weighted by molar-refractivity contribution is -0.121. The van der Waals surface area contributed by atoms with Crippen LogP contribution in [-0.2, 0) is 4.79 Å². The van der Waals surface area contributed by atoms with Gasteiger partial charge in [-0.25, -0.2) is 4.79 Å². The highest BCUT2D eigenvalue weighted by Gasteiger charge is 2.25. The topological polar surface area (TPSA) is 70.7 Å². The van der Waals surface area contributed by atoms with E-state index in [0.717, 1.165) is 11.3 Å². The van der Waals surface area contributed by atoms with Crippen LogP contribution in [0.1, 0.15) is 45.2 Å². The number of ether oxygens (including phenoxy) is 1. The SMILES string of the molecule is CNC(=O)CCC(C)(C)NC(=O)N(C)[C@H](C)c1cccc(OC)c1. The Morgan fingerprint density at radius 1 is 1.33 bits per heavy atom. The number of hydrogen-bond donors (Lipinski definition) is 2. The van der Waals surface area contributed by atoms with Crippen molar-refractivity contribution in [2.45, 2.75) is 45.2 Å². The molecule has 0 heterocycles. The summed E-state index contributed by atoms with van der Waals surface area (Å²) in [6.07, 6.45) is 0.943. The summed E-state index contributed by atoms with van der Waals surface area (Å²) in [5.41, 5.74) is 0.529. The Hall–Kier alpha value is -2.24. The number of benzene rings is 1. The Bertz CT molecular complexity index is 572. The average Bonchev–Trinajstić information content (AvgIpc) is 2.57. The normalized spacial score (nSPS) is 12.2. The first kappa shape index (κ1) is 19.8. The molecule has 0 aromatic heterocycles. The molecule has 1 atom stereocenters. The van der Waals surface area contributed by atoms with E-state index in [1.807, 2.05) is 45.0 Å². The lowest BCUT2D eigenvalue weighted by atomic mass is 9.98. The number of amides is 3. The van der Waals surface area contributed by atoms with Crippen LogP contribution in [0.3, 0.4) is 0 Å². The van der Waals surface area contributed by atoms with Crippen molar-refractivity contribution >= 4 is 11.9 Å². The predicted molar refractivity (Wildman–Crippen MR) is 95.1 cm³/mol. The summed E-state index contributed by atoms with van der Waals surface area (Å²) in [6.45, 7) is 5.79. The van der Waals surface area contributed by atoms with Gasteiger partial charge in [-0.15, -0.1) is 0 Å². The minimum absolute atomic E-state index is 0.0320. The molecule has 0 aliphatic heterocycles. The number of urea groups is 1. The van der Waals surface area contributed by atoms with Crippen molar-refractivity contribution in [2.24, 2.45) is 0 Å². The molecule has 24 heavy (non-hydrogen) atoms. The molecule has 1 rings (SSSR count). The Morgan fingerprint density at radius 2 is 2.00 bits per heavy atom. The maximum Gasteiger partial charge on any atom is 0.318 e. The van der Waals surface area contributed by atoms with Gasteiger partial charge in [0.2, 0.25) is 5.91 Å². The second-order valence-corrected chi connectivity index (χ2v) is 6.55. The molecule has 6 heteroatoms. The minimum Gasteiger partial charge on any atom is -0.497 e. The summed E-state index contributed by atoms with van der Waals surface area (Å²) in [5, 5.41) is 5.58. The Labute approximate surface area is 144 Å². The zero-order valence-electron chi connectivity index (χ0n) is 15.5. The number of carbonyl (C=O) groups is 2. The summed E-state index contributed by atoms with van der Waals surface area (Å²) in [7, 11) is 4.99. The summed E-state index contributed by atoms with van der Waals surface area (Å²) >= 11 is 0. The van der Waals surface area contributed by atoms with E-state index in [9.17, 15) is 9.59 Å². The van der Waals surface area contributed by atoms with Crippen molar-refractivity contribution in [3.8, 4) is 5.75 Å². The maximum atomic E-state index is 12.5. The molecule has 0 aliphatic carbocycles. The van der Waals surface area contributed by atoms with Gasteiger partial charge >= 0.3 is 6.03 Å². The molecule has 1 aromatic rings. The van der Waals surface area contributed by atoms with Crippen LogP contribution in [-0.4, -0.2) is 43.6 Å². The van der Waals surface area contributed by atoms with E-state index in [4.69, 9.17) is 4.74 Å². The number of rotatable bonds is 7. The standard InChI is InChI=1S/C18H29N3O3/c1-13(14-8-7-9-15(12-14)24-6)21(5)17(23)20-18(2,3)11-10-16(22)19-4/h7-9,12-13H,10-11H2,1-6H3,(H,19,22)(H,20,23)/t13-/m1/s1. The van der Waals surface area contributed by atoms with E-state index in [1.54, 1.807) is 26.1 Å². The highest BCUT2D eigenvalue weighted by atomic mass is 16.5. The average molecular weight is 335 g/mol. The van der Waals surface area contributed by atoms with Gasteiger partial charge in [-0.05, 0) is 44.9 Å². The summed E-state index contributed by atoms with van der Waals surface area (Å²) in [6, 6.07) is 7.39. The third-order valence-electron chi connectivity index (χ3n) is 4.18. The zero-order chi connectivity index (χ0) is 18.3. The fourth-order valence-corrected chi connectivity index (χ4v) is 2.29. The third-order valence-corrected chi connectivity index (χ3v) is 4.18. The number of hydrogen-bond acceptors (Lipinski definition) is 3. The fourth-order valence-electron chi connectivity index (χ4n) is 2.29. The van der Waals surface area contributed by atoms with Gasteiger partial charge in [0.05, 0.1) is 13.2 Å². The molecule has 3 amide bonds. The molecule has 0 saturated heterocycles. The first-order valence-electron chi connectivity index (χ1n) is 8.09. The number of nitrogens with zero attached hydrogens (tertiary/aromatic N) is 1. The fraction of sp³-hybridized carbons (Fsp3) is 0.556. The van der Waals surface area contributed by atoms with Crippen LogP contribution in [0.25, 0.3) is 0 Å². The second kappa shape index (κ2) is 8.57. The molecule has 134 valence electrons. The molecule has 2 N–H and O–H groups in total. The summed E-state index contributed by atoms with van der Waals surface area (Å²) in [4.78, 5) is 25.6. The Balaban J connectivity index is 2.70. The van der Waals surface area contributed by atoms with E-state index in [1.165, 1.54) is 0 Å². The Kier molecular flexibility index (Phi) is 7.07. The quantitative estimate of drug-likeness (QED) is 0.805. The highest BCUT2D eigenvalue weighted by Crippen LogP contribution is 2.23. The first-order valence-corrected chi connectivity index (χ1v) is 8.09. The molecule has 0 unspecified atom stereocenters. The van der Waals surface area contributed by atoms with E-state index in [-0.39, 0.29) is 18.0 Å². The molecule has 0 fully saturated rings. The van der Waals surface area contributed by atoms with Crippen molar-refractivity contribution < 1.29 is 14.3 Å². The molecule has 1 aromatic carbocycles. The van der Waals surface area contributed by atoms with Gasteiger partial charge in [0.15, 0.2) is 0 Å². The van der Waals surface area contributed by atoms with Crippen molar-refractivity contribution in [1.82, 2.24) is 15.5 Å². The molecule has 0 aliphatic rings. The van der Waals surface area contributed by atoms with Crippen LogP contribution in [0.4, 0.5) is 4.79 Å². The molecule has 0 bridgehead atoms. The van der Waals surface area contributed by atoms with Crippen LogP contribution in [0.5, 0.6) is 5.75 Å². The number of methoxy groups -OCH3 is 1. The first-order chi connectivity index (χ1) is 11.2. The molecular weight excluding hydrogens is 306 g/mol. The molecule has 0 radical (unpaired) electrons. The monoisotopic (exact) mass is 335 g/mol. The zero-order valence-corrected chi connectivity index (χ0v) is 15.5. The summed E-state index contributed by atoms with van der Waals surface area (Å²) in [5.74, 6) is 0.731. The predicted octanol–water partition coefficient (Wildman–Crippen LogP) is 2.70. The van der Waals surface area contributed by atoms with Gasteiger partial charge in [0.25, 0.3) is 0 Å². The van der Waals surface area contributed by atoms with Crippen molar-refractivity contribution in [1.29, 1.82) is 0 Å². The lowest BCUT2D eigenvalue weighted by Crippen LogP contribution is -2.49. The smallest absolute Gasteiger partial charge is 0.318 e. The van der Waals surface area contributed by atoms with E-state index in [0.29, 0.717) is 12.8 Å². The van der Waals surface area contributed by atoms with Gasteiger partial charge in [0, 0.05) is 26.1 Å². The second-order valence-electron chi connectivity index (χ2n) is 6.55. The number of nitrogens with one attached hydrogen (secondary N) is 2. The maximum absolute atomic E-state index is 12.5. The van der Waals surface area contributed by atoms with Crippen LogP contribution in [0.15, 0.2) is 24.3 Å². The third kappa shape index (κ3) is 5.76. The van der Waals surface area contributed by atoms with Crippen molar-refractivity contribution in [3.63, 3.8) is 0 Å². The highest BCUT2D eigenvalue weighted by molar-refractivity contribution is 5.77. The van der Waals surface area contributed by atoms with Gasteiger partial charge in [0.1, 0.15) is 5.75 Å². The van der Waals surface area contributed by atoms with E-state index >= 15 is 0 Å². The van der Waals surface area contributed by atoms with Crippen LogP contribution in [0.2, 0.25) is 0 Å². The van der Waals surface area contributed by atoms with Crippen LogP contribution in [0, 0.1) is 0 Å². The molecule has 0 spiro atoms. The van der Waals surface area contributed by atoms with Gasteiger partial charge in [-0.1, -0.05) is 12.1 Å². The van der Waals surface area contributed by atoms with Gasteiger partial charge in [-0.2, -0.15) is 0 Å². The van der Waals surface area contributed by atoms with Gasteiger partial charge < -0.3 is 20.3 Å². The van der Waals surface area contributed by atoms with E-state index < -0.39 is 5.54 Å². The summed E-state index contributed by atoms with van der Waals surface area (Å²) < 4.78 is 5.23. The molecular formula is C18H29N3O3. The number of carbonyl (C=O) groups excluding carboxylic acids is 2. The van der Waals surface area contributed by atoms with E-state index in [2.05, 4.69) is 10.6 Å². The Morgan fingerprint density at radius 3 is 2.58 bits per heavy atom. The largest absolute Gasteiger partial charge is 0.497 e. The van der Waals surface area contributed by atoms with Crippen molar-refractivity contribution in [3.05, 3.63) is 29.8 Å². The van der Waals surface area contributed by atoms with Crippen LogP contribution >= 0.6 is 0 Å². The lowest BCUT2D eigenvalue weighted by Gasteiger charge is -2.32.